The summed E-state index contributed by atoms with van der Waals surface area (Å²) in [5.74, 6) is 1.11. The van der Waals surface area contributed by atoms with Crippen molar-refractivity contribution in [3.63, 3.8) is 0 Å². The fourth-order valence-electron chi connectivity index (χ4n) is 1.79. The third-order valence-corrected chi connectivity index (χ3v) is 3.90. The Balaban J connectivity index is 2.13. The van der Waals surface area contributed by atoms with Crippen LogP contribution in [0.4, 0.5) is 0 Å². The molecule has 0 N–H and O–H groups in total. The number of hydrogen-bond donors (Lipinski definition) is 0. The maximum atomic E-state index is 6.06. The molecule has 0 fully saturated rings. The van der Waals surface area contributed by atoms with Gasteiger partial charge in [0.25, 0.3) is 0 Å². The number of benzene rings is 1. The summed E-state index contributed by atoms with van der Waals surface area (Å²) < 4.78 is 0. The number of halogens is 1. The highest BCUT2D eigenvalue weighted by molar-refractivity contribution is 7.07. The van der Waals surface area contributed by atoms with Crippen LogP contribution < -0.4 is 0 Å². The van der Waals surface area contributed by atoms with E-state index in [1.54, 1.807) is 11.3 Å². The molecule has 0 aliphatic rings. The minimum absolute atomic E-state index is 0.428. The van der Waals surface area contributed by atoms with E-state index in [1.807, 2.05) is 0 Å². The maximum Gasteiger partial charge on any atom is 0.0295 e. The van der Waals surface area contributed by atoms with Crippen LogP contribution in [0.25, 0.3) is 0 Å². The second-order valence-corrected chi connectivity index (χ2v) is 5.19. The Morgan fingerprint density at radius 2 is 1.94 bits per heavy atom. The number of rotatable bonds is 4. The highest BCUT2D eigenvalue weighted by Gasteiger charge is 2.11. The summed E-state index contributed by atoms with van der Waals surface area (Å²) in [5.41, 5.74) is 4.02. The van der Waals surface area contributed by atoms with Crippen LogP contribution in [0.15, 0.2) is 41.1 Å². The van der Waals surface area contributed by atoms with Gasteiger partial charge in [0, 0.05) is 11.8 Å². The van der Waals surface area contributed by atoms with Gasteiger partial charge in [-0.1, -0.05) is 29.8 Å². The van der Waals surface area contributed by atoms with E-state index < -0.39 is 0 Å². The first kappa shape index (κ1) is 11.7. The molecular weight excluding hydrogens is 236 g/mol. The van der Waals surface area contributed by atoms with Gasteiger partial charge in [0.15, 0.2) is 0 Å². The lowest BCUT2D eigenvalue weighted by Gasteiger charge is -2.13. The Hall–Kier alpha value is -0.790. The Labute approximate surface area is 106 Å². The fraction of sp³-hybridized carbons (Fsp3) is 0.286. The van der Waals surface area contributed by atoms with Crippen molar-refractivity contribution in [3.8, 4) is 0 Å². The predicted molar refractivity (Wildman–Crippen MR) is 72.7 cm³/mol. The zero-order valence-corrected chi connectivity index (χ0v) is 10.9. The second-order valence-electron chi connectivity index (χ2n) is 4.10. The van der Waals surface area contributed by atoms with E-state index in [-0.39, 0.29) is 0 Å². The molecule has 1 aromatic heterocycles. The average Bonchev–Trinajstić information content (AvgIpc) is 2.80. The molecule has 0 saturated heterocycles. The summed E-state index contributed by atoms with van der Waals surface area (Å²) >= 11 is 7.81. The van der Waals surface area contributed by atoms with Crippen molar-refractivity contribution in [3.05, 3.63) is 57.8 Å². The normalized spacial score (nSPS) is 12.6. The van der Waals surface area contributed by atoms with E-state index in [0.717, 1.165) is 6.42 Å². The van der Waals surface area contributed by atoms with Gasteiger partial charge < -0.3 is 0 Å². The Morgan fingerprint density at radius 3 is 2.50 bits per heavy atom. The van der Waals surface area contributed by atoms with Gasteiger partial charge in [-0.3, -0.25) is 0 Å². The zero-order valence-electron chi connectivity index (χ0n) is 9.32. The Bertz CT molecular complexity index is 417. The van der Waals surface area contributed by atoms with Gasteiger partial charge in [-0.05, 0) is 41.3 Å². The third kappa shape index (κ3) is 2.87. The van der Waals surface area contributed by atoms with E-state index in [0.29, 0.717) is 11.8 Å². The van der Waals surface area contributed by atoms with Gasteiger partial charge in [0.05, 0.1) is 0 Å². The molecule has 2 rings (SSSR count). The molecule has 0 amide bonds. The van der Waals surface area contributed by atoms with E-state index in [1.165, 1.54) is 16.7 Å². The highest BCUT2D eigenvalue weighted by Crippen LogP contribution is 2.23. The first-order valence-electron chi connectivity index (χ1n) is 5.43. The molecule has 1 unspecified atom stereocenters. The molecule has 0 radical (unpaired) electrons. The predicted octanol–water partition coefficient (Wildman–Crippen LogP) is 4.62. The molecule has 2 aromatic rings. The molecule has 0 nitrogen and oxygen atoms in total. The van der Waals surface area contributed by atoms with Crippen LogP contribution in [0, 0.1) is 6.92 Å². The monoisotopic (exact) mass is 250 g/mol. The van der Waals surface area contributed by atoms with Gasteiger partial charge in [-0.2, -0.15) is 11.3 Å². The summed E-state index contributed by atoms with van der Waals surface area (Å²) in [5, 5.41) is 4.32. The Kier molecular flexibility index (Phi) is 4.03. The Morgan fingerprint density at radius 1 is 1.19 bits per heavy atom. The van der Waals surface area contributed by atoms with Crippen molar-refractivity contribution in [1.82, 2.24) is 0 Å². The molecule has 1 aromatic carbocycles. The smallest absolute Gasteiger partial charge is 0.0295 e. The van der Waals surface area contributed by atoms with Crippen LogP contribution in [0.1, 0.15) is 22.6 Å². The van der Waals surface area contributed by atoms with E-state index in [9.17, 15) is 0 Å². The molecule has 0 saturated carbocycles. The van der Waals surface area contributed by atoms with Crippen molar-refractivity contribution in [2.45, 2.75) is 19.3 Å². The minimum atomic E-state index is 0.428. The average molecular weight is 251 g/mol. The van der Waals surface area contributed by atoms with Crippen molar-refractivity contribution >= 4 is 22.9 Å². The van der Waals surface area contributed by atoms with Crippen molar-refractivity contribution < 1.29 is 0 Å². The number of thiophene rings is 1. The van der Waals surface area contributed by atoms with E-state index >= 15 is 0 Å². The molecule has 0 aliphatic heterocycles. The molecular formula is C14H15ClS. The van der Waals surface area contributed by atoms with Crippen LogP contribution in [0.3, 0.4) is 0 Å². The van der Waals surface area contributed by atoms with Gasteiger partial charge in [-0.15, -0.1) is 11.6 Å². The molecule has 2 heteroatoms. The van der Waals surface area contributed by atoms with Crippen LogP contribution in [0.5, 0.6) is 0 Å². The van der Waals surface area contributed by atoms with Gasteiger partial charge in [0.1, 0.15) is 0 Å². The maximum absolute atomic E-state index is 6.06. The second kappa shape index (κ2) is 5.51. The lowest BCUT2D eigenvalue weighted by molar-refractivity contribution is 0.768. The summed E-state index contributed by atoms with van der Waals surface area (Å²) in [6.45, 7) is 2.11. The first-order valence-corrected chi connectivity index (χ1v) is 6.91. The third-order valence-electron chi connectivity index (χ3n) is 2.80. The highest BCUT2D eigenvalue weighted by atomic mass is 35.5. The molecule has 16 heavy (non-hydrogen) atoms. The lowest BCUT2D eigenvalue weighted by Crippen LogP contribution is -2.04. The number of aryl methyl sites for hydroxylation is 1. The van der Waals surface area contributed by atoms with Crippen LogP contribution in [-0.2, 0) is 6.42 Å². The van der Waals surface area contributed by atoms with Crippen molar-refractivity contribution in [2.24, 2.45) is 0 Å². The lowest BCUT2D eigenvalue weighted by atomic mass is 9.94. The van der Waals surface area contributed by atoms with Gasteiger partial charge in [-0.25, -0.2) is 0 Å². The molecule has 0 spiro atoms. The minimum Gasteiger partial charge on any atom is -0.152 e. The van der Waals surface area contributed by atoms with Crippen LogP contribution in [-0.4, -0.2) is 5.88 Å². The molecule has 84 valence electrons. The SMILES string of the molecule is Cc1ccc(C(CCl)Cc2ccsc2)cc1. The number of alkyl halides is 1. The topological polar surface area (TPSA) is 0 Å². The fourth-order valence-corrected chi connectivity index (χ4v) is 2.76. The zero-order chi connectivity index (χ0) is 11.4. The van der Waals surface area contributed by atoms with Crippen molar-refractivity contribution in [1.29, 1.82) is 0 Å². The quantitative estimate of drug-likeness (QED) is 0.695. The molecule has 1 atom stereocenters. The van der Waals surface area contributed by atoms with Crippen LogP contribution >= 0.6 is 22.9 Å². The van der Waals surface area contributed by atoms with Gasteiger partial charge in [0.2, 0.25) is 0 Å². The molecule has 0 bridgehead atoms. The summed E-state index contributed by atoms with van der Waals surface area (Å²) in [6.07, 6.45) is 1.04. The molecule has 0 aliphatic carbocycles. The van der Waals surface area contributed by atoms with E-state index in [2.05, 4.69) is 48.0 Å². The number of hydrogen-bond acceptors (Lipinski definition) is 1. The van der Waals surface area contributed by atoms with E-state index in [4.69, 9.17) is 11.6 Å². The summed E-state index contributed by atoms with van der Waals surface area (Å²) in [7, 11) is 0. The largest absolute Gasteiger partial charge is 0.152 e. The van der Waals surface area contributed by atoms with Gasteiger partial charge >= 0.3 is 0 Å². The van der Waals surface area contributed by atoms with Crippen LogP contribution in [0.2, 0.25) is 0 Å². The summed E-state index contributed by atoms with van der Waals surface area (Å²) in [6, 6.07) is 10.9. The first-order chi connectivity index (χ1) is 7.79. The molecule has 1 heterocycles. The van der Waals surface area contributed by atoms with Crippen molar-refractivity contribution in [2.75, 3.05) is 5.88 Å². The summed E-state index contributed by atoms with van der Waals surface area (Å²) in [4.78, 5) is 0. The standard InChI is InChI=1S/C14H15ClS/c1-11-2-4-13(5-3-11)14(9-15)8-12-6-7-16-10-12/h2-7,10,14H,8-9H2,1H3.